The molecule has 0 aliphatic rings. The average molecular weight is 336 g/mol. The molecule has 0 saturated heterocycles. The highest BCUT2D eigenvalue weighted by Gasteiger charge is 2.16. The normalized spacial score (nSPS) is 10.7. The predicted molar refractivity (Wildman–Crippen MR) is 86.1 cm³/mol. The third kappa shape index (κ3) is 3.45. The number of thiophene rings is 1. The van der Waals surface area contributed by atoms with Gasteiger partial charge in [-0.15, -0.1) is 16.4 Å². The zero-order valence-corrected chi connectivity index (χ0v) is 14.4. The van der Waals surface area contributed by atoms with Crippen LogP contribution in [0, 0.1) is 25.2 Å². The lowest BCUT2D eigenvalue weighted by Crippen LogP contribution is -2.15. The van der Waals surface area contributed by atoms with Crippen LogP contribution < -0.4 is 5.32 Å². The number of aromatic nitrogens is 4. The third-order valence-corrected chi connectivity index (χ3v) is 5.09. The monoisotopic (exact) mass is 336 g/mol. The van der Waals surface area contributed by atoms with E-state index in [2.05, 4.69) is 26.9 Å². The van der Waals surface area contributed by atoms with Crippen LogP contribution in [0.1, 0.15) is 35.9 Å². The van der Waals surface area contributed by atoms with Crippen molar-refractivity contribution in [1.29, 1.82) is 5.26 Å². The minimum Gasteiger partial charge on any atom is -0.316 e. The summed E-state index contributed by atoms with van der Waals surface area (Å²) in [5.41, 5.74) is 1.45. The van der Waals surface area contributed by atoms with E-state index in [4.69, 9.17) is 0 Å². The molecule has 0 bridgehead atoms. The van der Waals surface area contributed by atoms with Crippen LogP contribution in [0.15, 0.2) is 5.16 Å². The summed E-state index contributed by atoms with van der Waals surface area (Å²) in [4.78, 5) is 13.1. The van der Waals surface area contributed by atoms with E-state index in [0.717, 1.165) is 10.4 Å². The zero-order chi connectivity index (χ0) is 16.3. The molecule has 116 valence electrons. The molecular formula is C13H16N6OS2. The Morgan fingerprint density at radius 3 is 2.86 bits per heavy atom. The molecule has 1 amide bonds. The molecule has 0 saturated carbocycles. The molecule has 0 fully saturated rings. The van der Waals surface area contributed by atoms with Crippen molar-refractivity contribution in [2.24, 2.45) is 0 Å². The topological polar surface area (TPSA) is 96.5 Å². The van der Waals surface area contributed by atoms with Crippen LogP contribution >= 0.6 is 23.1 Å². The van der Waals surface area contributed by atoms with Crippen molar-refractivity contribution in [3.8, 4) is 6.07 Å². The van der Waals surface area contributed by atoms with Crippen molar-refractivity contribution in [2.75, 3.05) is 11.1 Å². The Kier molecular flexibility index (Phi) is 5.15. The van der Waals surface area contributed by atoms with Gasteiger partial charge in [0.25, 0.3) is 0 Å². The third-order valence-electron chi connectivity index (χ3n) is 3.03. The predicted octanol–water partition coefficient (Wildman–Crippen LogP) is 2.53. The molecule has 0 unspecified atom stereocenters. The molecular weight excluding hydrogens is 320 g/mol. The van der Waals surface area contributed by atoms with Gasteiger partial charge >= 0.3 is 0 Å². The molecule has 0 atom stereocenters. The molecule has 2 heterocycles. The number of thioether (sulfide) groups is 1. The fraction of sp³-hybridized carbons (Fsp3) is 0.462. The van der Waals surface area contributed by atoms with E-state index in [0.29, 0.717) is 15.7 Å². The van der Waals surface area contributed by atoms with Gasteiger partial charge in [-0.25, -0.2) is 4.68 Å². The second-order valence-electron chi connectivity index (χ2n) is 4.94. The molecule has 2 aromatic rings. The summed E-state index contributed by atoms with van der Waals surface area (Å²) < 4.78 is 1.66. The van der Waals surface area contributed by atoms with E-state index < -0.39 is 0 Å². The molecule has 0 radical (unpaired) electrons. The lowest BCUT2D eigenvalue weighted by Gasteiger charge is -2.07. The lowest BCUT2D eigenvalue weighted by atomic mass is 10.2. The van der Waals surface area contributed by atoms with E-state index in [9.17, 15) is 10.1 Å². The minimum absolute atomic E-state index is 0.133. The van der Waals surface area contributed by atoms with Crippen LogP contribution in [-0.4, -0.2) is 31.9 Å². The van der Waals surface area contributed by atoms with Crippen molar-refractivity contribution < 1.29 is 4.79 Å². The van der Waals surface area contributed by atoms with Crippen molar-refractivity contribution in [3.63, 3.8) is 0 Å². The van der Waals surface area contributed by atoms with Gasteiger partial charge in [-0.1, -0.05) is 11.8 Å². The lowest BCUT2D eigenvalue weighted by molar-refractivity contribution is -0.113. The second-order valence-corrected chi connectivity index (χ2v) is 7.10. The van der Waals surface area contributed by atoms with E-state index >= 15 is 0 Å². The van der Waals surface area contributed by atoms with Crippen molar-refractivity contribution >= 4 is 34.0 Å². The highest BCUT2D eigenvalue weighted by atomic mass is 32.2. The first-order valence-electron chi connectivity index (χ1n) is 6.64. The maximum Gasteiger partial charge on any atom is 0.235 e. The van der Waals surface area contributed by atoms with Crippen molar-refractivity contribution in [3.05, 3.63) is 16.0 Å². The molecule has 0 aliphatic heterocycles. The van der Waals surface area contributed by atoms with E-state index in [1.54, 1.807) is 4.68 Å². The van der Waals surface area contributed by atoms with Crippen LogP contribution in [-0.2, 0) is 4.79 Å². The Hall–Kier alpha value is -1.92. The van der Waals surface area contributed by atoms with Gasteiger partial charge in [-0.3, -0.25) is 4.79 Å². The van der Waals surface area contributed by atoms with Gasteiger partial charge in [0.2, 0.25) is 11.1 Å². The number of nitrogens with zero attached hydrogens (tertiary/aromatic N) is 5. The zero-order valence-electron chi connectivity index (χ0n) is 12.7. The number of nitriles is 1. The number of hydrogen-bond acceptors (Lipinski definition) is 7. The first kappa shape index (κ1) is 16.5. The maximum absolute atomic E-state index is 12.1. The maximum atomic E-state index is 12.1. The minimum atomic E-state index is -0.180. The van der Waals surface area contributed by atoms with Crippen LogP contribution in [0.5, 0.6) is 0 Å². The number of carbonyl (C=O) groups excluding carboxylic acids is 1. The van der Waals surface area contributed by atoms with Gasteiger partial charge in [0.1, 0.15) is 11.1 Å². The fourth-order valence-corrected chi connectivity index (χ4v) is 3.58. The quantitative estimate of drug-likeness (QED) is 0.843. The van der Waals surface area contributed by atoms with E-state index in [-0.39, 0.29) is 17.7 Å². The Bertz CT molecular complexity index is 727. The Morgan fingerprint density at radius 2 is 2.23 bits per heavy atom. The Labute approximate surface area is 136 Å². The summed E-state index contributed by atoms with van der Waals surface area (Å²) in [6, 6.07) is 2.27. The number of amides is 1. The first-order valence-corrected chi connectivity index (χ1v) is 8.44. The number of hydrogen-bond donors (Lipinski definition) is 1. The molecule has 7 nitrogen and oxygen atoms in total. The summed E-state index contributed by atoms with van der Waals surface area (Å²) in [6.07, 6.45) is 0. The van der Waals surface area contributed by atoms with Crippen LogP contribution in [0.2, 0.25) is 0 Å². The Morgan fingerprint density at radius 1 is 1.50 bits per heavy atom. The molecule has 0 aliphatic carbocycles. The highest BCUT2D eigenvalue weighted by molar-refractivity contribution is 7.99. The van der Waals surface area contributed by atoms with E-state index in [1.807, 2.05) is 27.7 Å². The smallest absolute Gasteiger partial charge is 0.235 e. The van der Waals surface area contributed by atoms with Gasteiger partial charge in [0, 0.05) is 4.88 Å². The molecule has 2 aromatic heterocycles. The van der Waals surface area contributed by atoms with Crippen molar-refractivity contribution in [1.82, 2.24) is 20.2 Å². The molecule has 0 spiro atoms. The molecule has 22 heavy (non-hydrogen) atoms. The van der Waals surface area contributed by atoms with Gasteiger partial charge in [-0.2, -0.15) is 5.26 Å². The van der Waals surface area contributed by atoms with Gasteiger partial charge in [0.05, 0.1) is 17.4 Å². The van der Waals surface area contributed by atoms with Gasteiger partial charge in [-0.05, 0) is 43.7 Å². The highest BCUT2D eigenvalue weighted by Crippen LogP contribution is 2.31. The van der Waals surface area contributed by atoms with Gasteiger partial charge < -0.3 is 5.32 Å². The number of aryl methyl sites for hydroxylation is 1. The van der Waals surface area contributed by atoms with E-state index in [1.165, 1.54) is 23.1 Å². The summed E-state index contributed by atoms with van der Waals surface area (Å²) in [7, 11) is 0. The average Bonchev–Trinajstić information content (AvgIpc) is 3.03. The number of tetrazole rings is 1. The molecule has 2 rings (SSSR count). The summed E-state index contributed by atoms with van der Waals surface area (Å²) in [5, 5.41) is 24.6. The fourth-order valence-electron chi connectivity index (χ4n) is 1.75. The summed E-state index contributed by atoms with van der Waals surface area (Å²) in [5.74, 6) is 0.00887. The van der Waals surface area contributed by atoms with Gasteiger partial charge in [0.15, 0.2) is 0 Å². The number of nitrogens with one attached hydrogen (secondary N) is 1. The molecule has 1 N–H and O–H groups in total. The van der Waals surface area contributed by atoms with Crippen LogP contribution in [0.25, 0.3) is 0 Å². The first-order chi connectivity index (χ1) is 10.4. The number of carbonyl (C=O) groups is 1. The second kappa shape index (κ2) is 6.89. The van der Waals surface area contributed by atoms with Crippen molar-refractivity contribution in [2.45, 2.75) is 38.9 Å². The number of anilines is 1. The standard InChI is InChI=1S/C13H16N6OS2/c1-7(2)19-13(16-17-18-19)21-6-11(20)15-12-10(5-14)8(3)9(4)22-12/h7H,6H2,1-4H3,(H,15,20). The van der Waals surface area contributed by atoms with Crippen LogP contribution in [0.4, 0.5) is 5.00 Å². The Balaban J connectivity index is 2.01. The molecule has 0 aromatic carbocycles. The summed E-state index contributed by atoms with van der Waals surface area (Å²) in [6.45, 7) is 7.75. The molecule has 9 heteroatoms. The largest absolute Gasteiger partial charge is 0.316 e. The summed E-state index contributed by atoms with van der Waals surface area (Å²) >= 11 is 2.69. The number of rotatable bonds is 5. The van der Waals surface area contributed by atoms with Crippen LogP contribution in [0.3, 0.4) is 0 Å². The SMILES string of the molecule is Cc1sc(NC(=O)CSc2nnnn2C(C)C)c(C#N)c1C.